The fourth-order valence-electron chi connectivity index (χ4n) is 2.98. The molecule has 1 aromatic carbocycles. The van der Waals surface area contributed by atoms with Crippen molar-refractivity contribution in [1.82, 2.24) is 19.7 Å². The predicted octanol–water partition coefficient (Wildman–Crippen LogP) is 5.19. The van der Waals surface area contributed by atoms with Crippen LogP contribution in [0.15, 0.2) is 58.9 Å². The highest BCUT2D eigenvalue weighted by Crippen LogP contribution is 2.24. The standard InChI is InChI=1S/C22H21N5OS2/c1-14-10-15(2)27(26-14)21-9-6-18(11-23-21)25-22(28)17-4-7-20(8-5-17)30-13-19-12-29-16(3)24-19/h4-12H,13H2,1-3H3,(H,25,28). The molecule has 0 aliphatic carbocycles. The molecule has 0 fully saturated rings. The summed E-state index contributed by atoms with van der Waals surface area (Å²) in [5.41, 5.74) is 4.28. The molecule has 0 saturated carbocycles. The van der Waals surface area contributed by atoms with Crippen molar-refractivity contribution in [2.45, 2.75) is 31.4 Å². The number of pyridine rings is 1. The first-order valence-corrected chi connectivity index (χ1v) is 11.3. The van der Waals surface area contributed by atoms with Crippen molar-refractivity contribution in [2.24, 2.45) is 0 Å². The summed E-state index contributed by atoms with van der Waals surface area (Å²) in [6.07, 6.45) is 1.64. The number of aryl methyl sites for hydroxylation is 3. The molecule has 1 amide bonds. The number of thioether (sulfide) groups is 1. The number of carbonyl (C=O) groups is 1. The van der Waals surface area contributed by atoms with E-state index in [1.165, 1.54) is 0 Å². The van der Waals surface area contributed by atoms with Crippen molar-refractivity contribution in [3.8, 4) is 5.82 Å². The summed E-state index contributed by atoms with van der Waals surface area (Å²) in [5.74, 6) is 1.38. The van der Waals surface area contributed by atoms with Crippen LogP contribution >= 0.6 is 23.1 Å². The fourth-order valence-corrected chi connectivity index (χ4v) is 4.49. The highest BCUT2D eigenvalue weighted by atomic mass is 32.2. The van der Waals surface area contributed by atoms with Crippen LogP contribution in [0.1, 0.15) is 32.4 Å². The van der Waals surface area contributed by atoms with Gasteiger partial charge in [0, 0.05) is 27.3 Å². The molecule has 0 bridgehead atoms. The Hall–Kier alpha value is -2.97. The van der Waals surface area contributed by atoms with Crippen LogP contribution in [0.5, 0.6) is 0 Å². The van der Waals surface area contributed by atoms with Crippen LogP contribution in [0, 0.1) is 20.8 Å². The number of anilines is 1. The maximum atomic E-state index is 12.5. The lowest BCUT2D eigenvalue weighted by atomic mass is 10.2. The largest absolute Gasteiger partial charge is 0.321 e. The Morgan fingerprint density at radius 2 is 1.93 bits per heavy atom. The molecule has 0 unspecified atom stereocenters. The summed E-state index contributed by atoms with van der Waals surface area (Å²) in [4.78, 5) is 22.5. The van der Waals surface area contributed by atoms with Gasteiger partial charge in [0.05, 0.1) is 28.3 Å². The van der Waals surface area contributed by atoms with Gasteiger partial charge in [-0.2, -0.15) is 5.10 Å². The molecule has 6 nitrogen and oxygen atoms in total. The maximum absolute atomic E-state index is 12.5. The number of hydrogen-bond acceptors (Lipinski definition) is 6. The second kappa shape index (κ2) is 8.81. The Balaban J connectivity index is 1.37. The zero-order valence-electron chi connectivity index (χ0n) is 16.9. The summed E-state index contributed by atoms with van der Waals surface area (Å²) in [5, 5.41) is 10.5. The molecule has 0 spiro atoms. The molecule has 30 heavy (non-hydrogen) atoms. The van der Waals surface area contributed by atoms with Crippen molar-refractivity contribution >= 4 is 34.7 Å². The van der Waals surface area contributed by atoms with Crippen LogP contribution in [0.25, 0.3) is 5.82 Å². The number of rotatable bonds is 6. The van der Waals surface area contributed by atoms with Gasteiger partial charge < -0.3 is 5.32 Å². The van der Waals surface area contributed by atoms with Gasteiger partial charge in [-0.05, 0) is 63.2 Å². The average Bonchev–Trinajstić information content (AvgIpc) is 3.31. The molecule has 4 aromatic rings. The summed E-state index contributed by atoms with van der Waals surface area (Å²) >= 11 is 3.37. The van der Waals surface area contributed by atoms with Crippen LogP contribution in [-0.2, 0) is 5.75 Å². The number of thiazole rings is 1. The van der Waals surface area contributed by atoms with Gasteiger partial charge in [-0.3, -0.25) is 4.79 Å². The van der Waals surface area contributed by atoms with E-state index in [9.17, 15) is 4.79 Å². The zero-order chi connectivity index (χ0) is 21.1. The second-order valence-electron chi connectivity index (χ2n) is 6.87. The summed E-state index contributed by atoms with van der Waals surface area (Å²) < 4.78 is 1.78. The van der Waals surface area contributed by atoms with E-state index in [1.54, 1.807) is 34.0 Å². The number of benzene rings is 1. The highest BCUT2D eigenvalue weighted by Gasteiger charge is 2.09. The van der Waals surface area contributed by atoms with Crippen molar-refractivity contribution in [3.63, 3.8) is 0 Å². The molecule has 8 heteroatoms. The van der Waals surface area contributed by atoms with E-state index < -0.39 is 0 Å². The van der Waals surface area contributed by atoms with E-state index in [0.29, 0.717) is 11.3 Å². The second-order valence-corrected chi connectivity index (χ2v) is 8.98. The van der Waals surface area contributed by atoms with Gasteiger partial charge in [-0.25, -0.2) is 14.6 Å². The Morgan fingerprint density at radius 1 is 1.13 bits per heavy atom. The molecule has 0 aliphatic heterocycles. The normalized spacial score (nSPS) is 10.9. The monoisotopic (exact) mass is 435 g/mol. The Kier molecular flexibility index (Phi) is 5.96. The molecule has 1 N–H and O–H groups in total. The summed E-state index contributed by atoms with van der Waals surface area (Å²) in [6, 6.07) is 13.3. The van der Waals surface area contributed by atoms with Crippen molar-refractivity contribution < 1.29 is 4.79 Å². The SMILES string of the molecule is Cc1cc(C)n(-c2ccc(NC(=O)c3ccc(SCc4csc(C)n4)cc3)cn2)n1. The van der Waals surface area contributed by atoms with Crippen LogP contribution in [0.4, 0.5) is 5.69 Å². The molecular weight excluding hydrogens is 414 g/mol. The lowest BCUT2D eigenvalue weighted by molar-refractivity contribution is 0.102. The molecule has 152 valence electrons. The van der Waals surface area contributed by atoms with Crippen molar-refractivity contribution in [2.75, 3.05) is 5.32 Å². The molecule has 4 rings (SSSR count). The first-order chi connectivity index (χ1) is 14.5. The highest BCUT2D eigenvalue weighted by molar-refractivity contribution is 7.98. The van der Waals surface area contributed by atoms with Crippen LogP contribution < -0.4 is 5.32 Å². The van der Waals surface area contributed by atoms with E-state index in [2.05, 4.69) is 25.8 Å². The van der Waals surface area contributed by atoms with Crippen LogP contribution in [0.2, 0.25) is 0 Å². The third kappa shape index (κ3) is 4.77. The zero-order valence-corrected chi connectivity index (χ0v) is 18.5. The number of aromatic nitrogens is 4. The van der Waals surface area contributed by atoms with Crippen LogP contribution in [-0.4, -0.2) is 25.7 Å². The van der Waals surface area contributed by atoms with Crippen molar-refractivity contribution in [1.29, 1.82) is 0 Å². The van der Waals surface area contributed by atoms with Gasteiger partial charge >= 0.3 is 0 Å². The minimum atomic E-state index is -0.164. The summed E-state index contributed by atoms with van der Waals surface area (Å²) in [7, 11) is 0. The molecule has 0 atom stereocenters. The minimum absolute atomic E-state index is 0.164. The van der Waals surface area contributed by atoms with E-state index in [0.717, 1.165) is 38.6 Å². The number of amides is 1. The molecule has 3 aromatic heterocycles. The smallest absolute Gasteiger partial charge is 0.255 e. The van der Waals surface area contributed by atoms with Gasteiger partial charge in [-0.1, -0.05) is 0 Å². The van der Waals surface area contributed by atoms with E-state index in [-0.39, 0.29) is 5.91 Å². The Bertz CT molecular complexity index is 1160. The molecule has 0 saturated heterocycles. The van der Waals surface area contributed by atoms with Gasteiger partial charge in [0.25, 0.3) is 5.91 Å². The molecule has 0 radical (unpaired) electrons. The quantitative estimate of drug-likeness (QED) is 0.422. The maximum Gasteiger partial charge on any atom is 0.255 e. The molecule has 3 heterocycles. The van der Waals surface area contributed by atoms with Gasteiger partial charge in [0.2, 0.25) is 0 Å². The number of nitrogens with one attached hydrogen (secondary N) is 1. The third-order valence-corrected chi connectivity index (χ3v) is 6.27. The molecule has 0 aliphatic rings. The van der Waals surface area contributed by atoms with Gasteiger partial charge in [-0.15, -0.1) is 23.1 Å². The number of nitrogens with zero attached hydrogens (tertiary/aromatic N) is 4. The Morgan fingerprint density at radius 3 is 2.53 bits per heavy atom. The molecular formula is C22H21N5OS2. The predicted molar refractivity (Wildman–Crippen MR) is 122 cm³/mol. The third-order valence-electron chi connectivity index (χ3n) is 4.40. The Labute approximate surface area is 183 Å². The summed E-state index contributed by atoms with van der Waals surface area (Å²) in [6.45, 7) is 5.94. The number of carbonyl (C=O) groups excluding carboxylic acids is 1. The van der Waals surface area contributed by atoms with E-state index in [1.807, 2.05) is 63.2 Å². The van der Waals surface area contributed by atoms with Gasteiger partial charge in [0.15, 0.2) is 5.82 Å². The minimum Gasteiger partial charge on any atom is -0.321 e. The lowest BCUT2D eigenvalue weighted by Crippen LogP contribution is -2.12. The first-order valence-electron chi connectivity index (χ1n) is 9.43. The first kappa shape index (κ1) is 20.3. The average molecular weight is 436 g/mol. The topological polar surface area (TPSA) is 72.7 Å². The number of hydrogen-bond donors (Lipinski definition) is 1. The van der Waals surface area contributed by atoms with E-state index >= 15 is 0 Å². The van der Waals surface area contributed by atoms with Crippen LogP contribution in [0.3, 0.4) is 0 Å². The van der Waals surface area contributed by atoms with E-state index in [4.69, 9.17) is 0 Å². The fraction of sp³-hybridized carbons (Fsp3) is 0.182. The van der Waals surface area contributed by atoms with Crippen molar-refractivity contribution in [3.05, 3.63) is 81.7 Å². The lowest BCUT2D eigenvalue weighted by Gasteiger charge is -2.08. The van der Waals surface area contributed by atoms with Gasteiger partial charge in [0.1, 0.15) is 0 Å².